The van der Waals surface area contributed by atoms with E-state index >= 15 is 0 Å². The van der Waals surface area contributed by atoms with Crippen molar-refractivity contribution in [1.82, 2.24) is 14.7 Å². The molecule has 86 valence electrons. The molecule has 0 spiro atoms. The fourth-order valence-corrected chi connectivity index (χ4v) is 2.56. The van der Waals surface area contributed by atoms with Gasteiger partial charge >= 0.3 is 0 Å². The summed E-state index contributed by atoms with van der Waals surface area (Å²) in [5.74, 6) is 1.60. The van der Waals surface area contributed by atoms with Crippen LogP contribution in [0.4, 0.5) is 5.13 Å². The highest BCUT2D eigenvalue weighted by Gasteiger charge is 2.29. The minimum Gasteiger partial charge on any atom is -0.354 e. The van der Waals surface area contributed by atoms with Crippen molar-refractivity contribution in [3.63, 3.8) is 0 Å². The molecule has 1 aromatic heterocycles. The van der Waals surface area contributed by atoms with E-state index in [2.05, 4.69) is 20.0 Å². The van der Waals surface area contributed by atoms with Crippen LogP contribution in [0.5, 0.6) is 0 Å². The Morgan fingerprint density at radius 2 is 2.25 bits per heavy atom. The Kier molecular flexibility index (Phi) is 2.51. The summed E-state index contributed by atoms with van der Waals surface area (Å²) in [6.45, 7) is 0.792. The third kappa shape index (κ3) is 2.02. The van der Waals surface area contributed by atoms with E-state index in [1.807, 2.05) is 0 Å². The van der Waals surface area contributed by atoms with Crippen LogP contribution >= 0.6 is 11.5 Å². The van der Waals surface area contributed by atoms with Gasteiger partial charge in [0.05, 0.1) is 0 Å². The number of amides is 1. The highest BCUT2D eigenvalue weighted by Crippen LogP contribution is 2.39. The van der Waals surface area contributed by atoms with Gasteiger partial charge in [0.2, 0.25) is 11.0 Å². The molecular weight excluding hydrogens is 224 g/mol. The van der Waals surface area contributed by atoms with Crippen LogP contribution in [0.2, 0.25) is 0 Å². The first-order chi connectivity index (χ1) is 7.83. The van der Waals surface area contributed by atoms with Gasteiger partial charge in [0.1, 0.15) is 11.9 Å². The lowest BCUT2D eigenvalue weighted by Gasteiger charge is -2.21. The van der Waals surface area contributed by atoms with Crippen molar-refractivity contribution >= 4 is 22.6 Å². The Morgan fingerprint density at radius 1 is 1.38 bits per heavy atom. The normalized spacial score (nSPS) is 25.2. The number of piperidine rings is 1. The number of nitrogens with one attached hydrogen (secondary N) is 2. The summed E-state index contributed by atoms with van der Waals surface area (Å²) < 4.78 is 4.31. The number of aromatic nitrogens is 2. The van der Waals surface area contributed by atoms with Crippen LogP contribution in [-0.2, 0) is 4.79 Å². The molecule has 0 aromatic carbocycles. The first-order valence-electron chi connectivity index (χ1n) is 5.71. The molecule has 6 heteroatoms. The minimum absolute atomic E-state index is 0.0782. The van der Waals surface area contributed by atoms with Gasteiger partial charge in [-0.05, 0) is 25.7 Å². The molecule has 2 aliphatic rings. The zero-order valence-corrected chi connectivity index (χ0v) is 9.72. The molecule has 0 bridgehead atoms. The van der Waals surface area contributed by atoms with Gasteiger partial charge < -0.3 is 10.6 Å². The fourth-order valence-electron chi connectivity index (χ4n) is 1.86. The van der Waals surface area contributed by atoms with E-state index in [9.17, 15) is 4.79 Å². The number of anilines is 1. The molecule has 2 heterocycles. The van der Waals surface area contributed by atoms with Crippen molar-refractivity contribution in [2.45, 2.75) is 37.6 Å². The van der Waals surface area contributed by atoms with Crippen LogP contribution in [0.15, 0.2) is 0 Å². The monoisotopic (exact) mass is 238 g/mol. The predicted octanol–water partition coefficient (Wildman–Crippen LogP) is 1.11. The second-order valence-corrected chi connectivity index (χ2v) is 5.11. The van der Waals surface area contributed by atoms with Gasteiger partial charge in [0.25, 0.3) is 0 Å². The van der Waals surface area contributed by atoms with E-state index in [1.54, 1.807) is 0 Å². The molecule has 2 fully saturated rings. The van der Waals surface area contributed by atoms with E-state index in [0.717, 1.165) is 30.3 Å². The predicted molar refractivity (Wildman–Crippen MR) is 61.5 cm³/mol. The lowest BCUT2D eigenvalue weighted by atomic mass is 10.1. The SMILES string of the molecule is O=C1NCCCC1Nc1nc(C2CC2)ns1. The van der Waals surface area contributed by atoms with Gasteiger partial charge in [0.15, 0.2) is 0 Å². The molecule has 1 saturated heterocycles. The van der Waals surface area contributed by atoms with Gasteiger partial charge in [-0.1, -0.05) is 0 Å². The summed E-state index contributed by atoms with van der Waals surface area (Å²) in [5, 5.41) is 6.80. The maximum atomic E-state index is 11.5. The van der Waals surface area contributed by atoms with E-state index in [4.69, 9.17) is 0 Å². The average molecular weight is 238 g/mol. The molecule has 16 heavy (non-hydrogen) atoms. The van der Waals surface area contributed by atoms with Gasteiger partial charge in [0, 0.05) is 24.0 Å². The molecule has 1 aliphatic carbocycles. The van der Waals surface area contributed by atoms with Gasteiger partial charge in [-0.3, -0.25) is 4.79 Å². The number of carbonyl (C=O) groups is 1. The summed E-state index contributed by atoms with van der Waals surface area (Å²) in [6.07, 6.45) is 4.32. The number of hydrogen-bond donors (Lipinski definition) is 2. The van der Waals surface area contributed by atoms with Crippen LogP contribution in [-0.4, -0.2) is 27.9 Å². The molecule has 1 atom stereocenters. The zero-order chi connectivity index (χ0) is 11.0. The van der Waals surface area contributed by atoms with Crippen molar-refractivity contribution in [3.05, 3.63) is 5.82 Å². The van der Waals surface area contributed by atoms with Crippen molar-refractivity contribution in [1.29, 1.82) is 0 Å². The average Bonchev–Trinajstić information content (AvgIpc) is 3.03. The number of rotatable bonds is 3. The largest absolute Gasteiger partial charge is 0.354 e. The van der Waals surface area contributed by atoms with Gasteiger partial charge in [-0.15, -0.1) is 0 Å². The van der Waals surface area contributed by atoms with Crippen molar-refractivity contribution in [3.8, 4) is 0 Å². The molecule has 2 N–H and O–H groups in total. The molecule has 1 aliphatic heterocycles. The quantitative estimate of drug-likeness (QED) is 0.827. The second kappa shape index (κ2) is 4.01. The first-order valence-corrected chi connectivity index (χ1v) is 6.48. The zero-order valence-electron chi connectivity index (χ0n) is 8.90. The smallest absolute Gasteiger partial charge is 0.242 e. The summed E-state index contributed by atoms with van der Waals surface area (Å²) in [6, 6.07) is -0.131. The molecule has 3 rings (SSSR count). The number of nitrogens with zero attached hydrogens (tertiary/aromatic N) is 2. The Morgan fingerprint density at radius 3 is 3.00 bits per heavy atom. The molecule has 1 saturated carbocycles. The number of hydrogen-bond acceptors (Lipinski definition) is 5. The minimum atomic E-state index is -0.131. The molecule has 1 amide bonds. The summed E-state index contributed by atoms with van der Waals surface area (Å²) >= 11 is 1.36. The lowest BCUT2D eigenvalue weighted by Crippen LogP contribution is -2.44. The second-order valence-electron chi connectivity index (χ2n) is 4.36. The van der Waals surface area contributed by atoms with Gasteiger partial charge in [-0.2, -0.15) is 4.37 Å². The van der Waals surface area contributed by atoms with Crippen molar-refractivity contribution < 1.29 is 4.79 Å². The van der Waals surface area contributed by atoms with Crippen molar-refractivity contribution in [2.24, 2.45) is 0 Å². The third-order valence-electron chi connectivity index (χ3n) is 2.97. The maximum absolute atomic E-state index is 11.5. The third-order valence-corrected chi connectivity index (χ3v) is 3.63. The summed E-state index contributed by atoms with van der Waals surface area (Å²) in [5.41, 5.74) is 0. The van der Waals surface area contributed by atoms with Crippen LogP contribution in [0.1, 0.15) is 37.4 Å². The van der Waals surface area contributed by atoms with Crippen LogP contribution < -0.4 is 10.6 Å². The van der Waals surface area contributed by atoms with E-state index in [0.29, 0.717) is 5.92 Å². The van der Waals surface area contributed by atoms with Crippen LogP contribution in [0.25, 0.3) is 0 Å². The summed E-state index contributed by atoms with van der Waals surface area (Å²) in [4.78, 5) is 16.0. The lowest BCUT2D eigenvalue weighted by molar-refractivity contribution is -0.123. The fraction of sp³-hybridized carbons (Fsp3) is 0.700. The highest BCUT2D eigenvalue weighted by molar-refractivity contribution is 7.09. The van der Waals surface area contributed by atoms with Gasteiger partial charge in [-0.25, -0.2) is 4.98 Å². The van der Waals surface area contributed by atoms with Crippen LogP contribution in [0, 0.1) is 0 Å². The molecule has 1 aromatic rings. The molecule has 5 nitrogen and oxygen atoms in total. The standard InChI is InChI=1S/C10H14N4OS/c15-9-7(2-1-5-11-9)12-10-13-8(14-16-10)6-3-4-6/h6-7H,1-5H2,(H,11,15)(H,12,13,14). The Balaban J connectivity index is 1.65. The Hall–Kier alpha value is -1.17. The van der Waals surface area contributed by atoms with Crippen molar-refractivity contribution in [2.75, 3.05) is 11.9 Å². The van der Waals surface area contributed by atoms with E-state index < -0.39 is 0 Å². The Labute approximate surface area is 97.8 Å². The van der Waals surface area contributed by atoms with E-state index in [-0.39, 0.29) is 11.9 Å². The first kappa shape index (κ1) is 10.0. The van der Waals surface area contributed by atoms with Crippen LogP contribution in [0.3, 0.4) is 0 Å². The maximum Gasteiger partial charge on any atom is 0.242 e. The molecular formula is C10H14N4OS. The molecule has 0 radical (unpaired) electrons. The summed E-state index contributed by atoms with van der Waals surface area (Å²) in [7, 11) is 0. The Bertz CT molecular complexity index is 401. The topological polar surface area (TPSA) is 66.9 Å². The highest BCUT2D eigenvalue weighted by atomic mass is 32.1. The van der Waals surface area contributed by atoms with E-state index in [1.165, 1.54) is 24.4 Å². The molecule has 1 unspecified atom stereocenters. The number of carbonyl (C=O) groups excluding carboxylic acids is 1.